The molecule has 2 heterocycles. The van der Waals surface area contributed by atoms with Crippen LogP contribution in [0.1, 0.15) is 38.5 Å². The number of nitrogens with one attached hydrogen (secondary N) is 1. The van der Waals surface area contributed by atoms with E-state index < -0.39 is 5.91 Å². The predicted molar refractivity (Wildman–Crippen MR) is 113 cm³/mol. The molecule has 2 aromatic rings. The zero-order valence-corrected chi connectivity index (χ0v) is 17.9. The van der Waals surface area contributed by atoms with Crippen molar-refractivity contribution in [3.8, 4) is 5.69 Å². The normalized spacial score (nSPS) is 13.3. The van der Waals surface area contributed by atoms with E-state index in [-0.39, 0.29) is 31.4 Å². The molecule has 0 fully saturated rings. The van der Waals surface area contributed by atoms with Crippen molar-refractivity contribution in [1.82, 2.24) is 14.7 Å². The van der Waals surface area contributed by atoms with Gasteiger partial charge in [-0.3, -0.25) is 14.4 Å². The number of ether oxygens (including phenoxy) is 2. The average Bonchev–Trinajstić information content (AvgIpc) is 3.08. The third-order valence-corrected chi connectivity index (χ3v) is 5.08. The number of rotatable bonds is 9. The Hall–Kier alpha value is -3.24. The molecule has 31 heavy (non-hydrogen) atoms. The van der Waals surface area contributed by atoms with Crippen LogP contribution < -0.4 is 11.1 Å². The maximum atomic E-state index is 12.7. The number of benzene rings is 1. The zero-order valence-electron chi connectivity index (χ0n) is 17.9. The number of hydrogen-bond acceptors (Lipinski definition) is 7. The second-order valence-corrected chi connectivity index (χ2v) is 7.29. The van der Waals surface area contributed by atoms with Crippen LogP contribution in [0.5, 0.6) is 0 Å². The number of ketones is 1. The number of carbonyl (C=O) groups excluding carboxylic acids is 3. The van der Waals surface area contributed by atoms with Crippen LogP contribution in [-0.4, -0.2) is 72.8 Å². The second kappa shape index (κ2) is 9.71. The number of carbonyl (C=O) groups is 3. The van der Waals surface area contributed by atoms with E-state index in [1.54, 1.807) is 36.9 Å². The van der Waals surface area contributed by atoms with Gasteiger partial charge >= 0.3 is 0 Å². The van der Waals surface area contributed by atoms with Gasteiger partial charge in [0, 0.05) is 33.1 Å². The summed E-state index contributed by atoms with van der Waals surface area (Å²) in [6.07, 6.45) is 0.750. The van der Waals surface area contributed by atoms with Crippen LogP contribution in [0.15, 0.2) is 18.2 Å². The van der Waals surface area contributed by atoms with Crippen LogP contribution in [0.4, 0.5) is 5.69 Å². The molecule has 10 nitrogen and oxygen atoms in total. The van der Waals surface area contributed by atoms with Gasteiger partial charge in [-0.2, -0.15) is 5.10 Å². The molecule has 0 atom stereocenters. The van der Waals surface area contributed by atoms with Crippen molar-refractivity contribution in [1.29, 1.82) is 0 Å². The molecule has 10 heteroatoms. The van der Waals surface area contributed by atoms with Crippen molar-refractivity contribution >= 4 is 23.3 Å². The Balaban J connectivity index is 1.98. The first kappa shape index (κ1) is 22.4. The highest BCUT2D eigenvalue weighted by Gasteiger charge is 2.32. The standard InChI is InChI=1S/C21H27N5O5/c1-13-20-17(10-25(11-18(20)27)19(28)12-31-3)26(24-13)14-5-6-15(21(22)29)16(9-14)23-7-4-8-30-2/h5-6,9,23H,4,7-8,10-12H2,1-3H3,(H2,22,29). The van der Waals surface area contributed by atoms with Crippen LogP contribution in [0.3, 0.4) is 0 Å². The van der Waals surface area contributed by atoms with Crippen molar-refractivity contribution in [3.63, 3.8) is 0 Å². The zero-order chi connectivity index (χ0) is 22.5. The minimum Gasteiger partial charge on any atom is -0.385 e. The Morgan fingerprint density at radius 1 is 1.23 bits per heavy atom. The maximum absolute atomic E-state index is 12.7. The molecule has 1 aromatic heterocycles. The lowest BCUT2D eigenvalue weighted by Crippen LogP contribution is -2.41. The third kappa shape index (κ3) is 4.75. The number of fused-ring (bicyclic) bond motifs is 1. The highest BCUT2D eigenvalue weighted by molar-refractivity contribution is 6.03. The highest BCUT2D eigenvalue weighted by atomic mass is 16.5. The summed E-state index contributed by atoms with van der Waals surface area (Å²) in [5.41, 5.74) is 8.83. The fourth-order valence-corrected chi connectivity index (χ4v) is 3.64. The van der Waals surface area contributed by atoms with Crippen LogP contribution >= 0.6 is 0 Å². The number of nitrogens with zero attached hydrogens (tertiary/aromatic N) is 3. The first-order chi connectivity index (χ1) is 14.9. The van der Waals surface area contributed by atoms with Gasteiger partial charge in [0.25, 0.3) is 5.91 Å². The molecule has 0 saturated carbocycles. The quantitative estimate of drug-likeness (QED) is 0.567. The van der Waals surface area contributed by atoms with E-state index in [9.17, 15) is 14.4 Å². The number of anilines is 1. The smallest absolute Gasteiger partial charge is 0.250 e. The van der Waals surface area contributed by atoms with Crippen molar-refractivity contribution < 1.29 is 23.9 Å². The number of nitrogens with two attached hydrogens (primary N) is 1. The molecule has 0 spiro atoms. The molecule has 1 aliphatic rings. The molecular formula is C21H27N5O5. The SMILES string of the molecule is COCCCNc1cc(-n2nc(C)c3c2CN(C(=O)COC)CC3=O)ccc1C(N)=O. The highest BCUT2D eigenvalue weighted by Crippen LogP contribution is 2.27. The number of Topliss-reactive ketones (excluding diaryl/α,β-unsaturated/α-hetero) is 1. The summed E-state index contributed by atoms with van der Waals surface area (Å²) in [6, 6.07) is 5.10. The van der Waals surface area contributed by atoms with E-state index in [4.69, 9.17) is 15.2 Å². The number of hydrogen-bond donors (Lipinski definition) is 2. The molecule has 1 aliphatic heterocycles. The molecular weight excluding hydrogens is 402 g/mol. The minimum absolute atomic E-state index is 0.00531. The van der Waals surface area contributed by atoms with E-state index in [0.29, 0.717) is 47.0 Å². The summed E-state index contributed by atoms with van der Waals surface area (Å²) in [5, 5.41) is 7.75. The lowest BCUT2D eigenvalue weighted by atomic mass is 10.0. The average molecular weight is 429 g/mol. The van der Waals surface area contributed by atoms with Crippen molar-refractivity contribution in [3.05, 3.63) is 40.7 Å². The molecule has 166 valence electrons. The summed E-state index contributed by atoms with van der Waals surface area (Å²) in [7, 11) is 3.06. The van der Waals surface area contributed by atoms with Crippen LogP contribution in [0, 0.1) is 6.92 Å². The molecule has 3 rings (SSSR count). The van der Waals surface area contributed by atoms with E-state index in [0.717, 1.165) is 6.42 Å². The van der Waals surface area contributed by atoms with E-state index in [1.165, 1.54) is 12.0 Å². The lowest BCUT2D eigenvalue weighted by Gasteiger charge is -2.27. The summed E-state index contributed by atoms with van der Waals surface area (Å²) in [6.45, 7) is 3.07. The van der Waals surface area contributed by atoms with E-state index in [1.807, 2.05) is 0 Å². The summed E-state index contributed by atoms with van der Waals surface area (Å²) in [4.78, 5) is 38.3. The molecule has 2 amide bonds. The van der Waals surface area contributed by atoms with Gasteiger partial charge in [0.2, 0.25) is 5.91 Å². The molecule has 0 radical (unpaired) electrons. The fraction of sp³-hybridized carbons (Fsp3) is 0.429. The van der Waals surface area contributed by atoms with Gasteiger partial charge in [-0.25, -0.2) is 4.68 Å². The Kier molecular flexibility index (Phi) is 7.03. The molecule has 0 aliphatic carbocycles. The lowest BCUT2D eigenvalue weighted by molar-refractivity contribution is -0.135. The number of primary amides is 1. The van der Waals surface area contributed by atoms with Crippen LogP contribution in [0.2, 0.25) is 0 Å². The monoisotopic (exact) mass is 429 g/mol. The van der Waals surface area contributed by atoms with Gasteiger partial charge in [0.15, 0.2) is 5.78 Å². The van der Waals surface area contributed by atoms with Crippen molar-refractivity contribution in [2.45, 2.75) is 19.9 Å². The topological polar surface area (TPSA) is 129 Å². The summed E-state index contributed by atoms with van der Waals surface area (Å²) in [5.74, 6) is -0.983. The molecule has 0 bridgehead atoms. The largest absolute Gasteiger partial charge is 0.385 e. The molecule has 0 saturated heterocycles. The first-order valence-corrected chi connectivity index (χ1v) is 9.92. The third-order valence-electron chi connectivity index (χ3n) is 5.08. The van der Waals surface area contributed by atoms with Gasteiger partial charge < -0.3 is 25.4 Å². The molecule has 1 aromatic carbocycles. The summed E-state index contributed by atoms with van der Waals surface area (Å²) < 4.78 is 11.6. The number of methoxy groups -OCH3 is 2. The Labute approximate surface area is 180 Å². The minimum atomic E-state index is -0.550. The number of aryl methyl sites for hydroxylation is 1. The number of aromatic nitrogens is 2. The predicted octanol–water partition coefficient (Wildman–Crippen LogP) is 0.899. The maximum Gasteiger partial charge on any atom is 0.250 e. The molecule has 0 unspecified atom stereocenters. The fourth-order valence-electron chi connectivity index (χ4n) is 3.64. The van der Waals surface area contributed by atoms with E-state index >= 15 is 0 Å². The van der Waals surface area contributed by atoms with E-state index in [2.05, 4.69) is 10.4 Å². The Morgan fingerprint density at radius 3 is 2.68 bits per heavy atom. The Bertz CT molecular complexity index is 1000. The van der Waals surface area contributed by atoms with Gasteiger partial charge in [-0.15, -0.1) is 0 Å². The number of amides is 2. The van der Waals surface area contributed by atoms with Gasteiger partial charge in [0.1, 0.15) is 6.61 Å². The Morgan fingerprint density at radius 2 is 2.00 bits per heavy atom. The van der Waals surface area contributed by atoms with Crippen LogP contribution in [0.25, 0.3) is 5.69 Å². The van der Waals surface area contributed by atoms with Crippen molar-refractivity contribution in [2.24, 2.45) is 5.73 Å². The molecule has 3 N–H and O–H groups in total. The van der Waals surface area contributed by atoms with Gasteiger partial charge in [0.05, 0.1) is 41.3 Å². The second-order valence-electron chi connectivity index (χ2n) is 7.29. The van der Waals surface area contributed by atoms with Gasteiger partial charge in [-0.05, 0) is 31.5 Å². The first-order valence-electron chi connectivity index (χ1n) is 9.92. The van der Waals surface area contributed by atoms with Gasteiger partial charge in [-0.1, -0.05) is 0 Å². The van der Waals surface area contributed by atoms with Crippen molar-refractivity contribution in [2.75, 3.05) is 45.8 Å². The summed E-state index contributed by atoms with van der Waals surface area (Å²) >= 11 is 0. The van der Waals surface area contributed by atoms with Crippen LogP contribution in [-0.2, 0) is 20.8 Å².